The maximum Gasteiger partial charge on any atom is 0.160 e. The first-order valence-corrected chi connectivity index (χ1v) is 20.0. The monoisotopic (exact) mass is 749 g/mol. The van der Waals surface area contributed by atoms with Crippen LogP contribution in [-0.4, -0.2) is 9.97 Å². The van der Waals surface area contributed by atoms with E-state index in [1.807, 2.05) is 12.1 Å². The summed E-state index contributed by atoms with van der Waals surface area (Å²) in [4.78, 5) is 10.5. The van der Waals surface area contributed by atoms with Crippen LogP contribution in [0.2, 0.25) is 0 Å². The van der Waals surface area contributed by atoms with Gasteiger partial charge in [0, 0.05) is 22.3 Å². The Hall–Kier alpha value is -7.93. The fourth-order valence-electron chi connectivity index (χ4n) is 9.31. The molecule has 0 spiro atoms. The van der Waals surface area contributed by atoms with Crippen LogP contribution in [-0.2, 0) is 5.41 Å². The normalized spacial score (nSPS) is 12.5. The Morgan fingerprint density at radius 2 is 0.881 bits per heavy atom. The molecule has 9 aromatic carbocycles. The molecule has 0 fully saturated rings. The van der Waals surface area contributed by atoms with Gasteiger partial charge in [0.15, 0.2) is 5.82 Å². The summed E-state index contributed by atoms with van der Waals surface area (Å²) in [7, 11) is 0. The van der Waals surface area contributed by atoms with E-state index in [0.29, 0.717) is 11.4 Å². The van der Waals surface area contributed by atoms with Gasteiger partial charge in [-0.05, 0) is 90.8 Å². The van der Waals surface area contributed by atoms with E-state index in [2.05, 4.69) is 206 Å². The van der Waals surface area contributed by atoms with Crippen molar-refractivity contribution in [3.05, 3.63) is 240 Å². The number of benzene rings is 9. The van der Waals surface area contributed by atoms with E-state index >= 15 is 0 Å². The molecule has 0 atom stereocenters. The first-order valence-electron chi connectivity index (χ1n) is 20.0. The maximum atomic E-state index is 10.7. The predicted octanol–water partition coefficient (Wildman–Crippen LogP) is 13.7. The van der Waals surface area contributed by atoms with Gasteiger partial charge in [0.2, 0.25) is 0 Å². The molecule has 274 valence electrons. The second-order valence-electron chi connectivity index (χ2n) is 15.2. The molecule has 0 saturated heterocycles. The molecule has 3 nitrogen and oxygen atoms in total. The molecule has 10 aromatic rings. The zero-order valence-corrected chi connectivity index (χ0v) is 32.0. The largest absolute Gasteiger partial charge is 0.228 e. The zero-order chi connectivity index (χ0) is 39.3. The van der Waals surface area contributed by atoms with Crippen molar-refractivity contribution in [1.82, 2.24) is 9.97 Å². The van der Waals surface area contributed by atoms with E-state index in [9.17, 15) is 5.26 Å². The molecule has 1 aliphatic rings. The van der Waals surface area contributed by atoms with Crippen molar-refractivity contribution >= 4 is 21.5 Å². The van der Waals surface area contributed by atoms with E-state index in [0.717, 1.165) is 83.4 Å². The van der Waals surface area contributed by atoms with Crippen molar-refractivity contribution in [2.45, 2.75) is 5.41 Å². The lowest BCUT2D eigenvalue weighted by Crippen LogP contribution is -2.28. The summed E-state index contributed by atoms with van der Waals surface area (Å²) in [5, 5.41) is 15.4. The van der Waals surface area contributed by atoms with Crippen LogP contribution in [0.3, 0.4) is 0 Å². The van der Waals surface area contributed by atoms with Crippen molar-refractivity contribution in [1.29, 1.82) is 5.26 Å². The lowest BCUT2D eigenvalue weighted by atomic mass is 9.67. The van der Waals surface area contributed by atoms with Crippen molar-refractivity contribution in [3.63, 3.8) is 0 Å². The Bertz CT molecular complexity index is 3150. The van der Waals surface area contributed by atoms with Crippen LogP contribution in [0.15, 0.2) is 212 Å². The average Bonchev–Trinajstić information content (AvgIpc) is 3.63. The van der Waals surface area contributed by atoms with Gasteiger partial charge in [0.1, 0.15) is 0 Å². The molecule has 1 aliphatic carbocycles. The number of fused-ring (bicyclic) bond motifs is 5. The summed E-state index contributed by atoms with van der Waals surface area (Å²) in [5.41, 5.74) is 13.5. The van der Waals surface area contributed by atoms with Gasteiger partial charge in [0.05, 0.1) is 28.4 Å². The number of nitriles is 1. The van der Waals surface area contributed by atoms with Gasteiger partial charge in [-0.3, -0.25) is 0 Å². The molecule has 0 bridgehead atoms. The van der Waals surface area contributed by atoms with E-state index in [4.69, 9.17) is 9.97 Å². The Morgan fingerprint density at radius 3 is 1.53 bits per heavy atom. The minimum Gasteiger partial charge on any atom is -0.228 e. The lowest BCUT2D eigenvalue weighted by molar-refractivity contribution is 0.768. The Morgan fingerprint density at radius 1 is 0.373 bits per heavy atom. The minimum absolute atomic E-state index is 0.621. The molecule has 0 unspecified atom stereocenters. The van der Waals surface area contributed by atoms with Crippen LogP contribution < -0.4 is 0 Å². The summed E-state index contributed by atoms with van der Waals surface area (Å²) in [5.74, 6) is 0.672. The van der Waals surface area contributed by atoms with Crippen LogP contribution in [0, 0.1) is 11.3 Å². The summed E-state index contributed by atoms with van der Waals surface area (Å²) >= 11 is 0. The third kappa shape index (κ3) is 5.57. The van der Waals surface area contributed by atoms with Crippen molar-refractivity contribution in [3.8, 4) is 62.2 Å². The van der Waals surface area contributed by atoms with Crippen LogP contribution >= 0.6 is 0 Å². The molecule has 11 rings (SSSR count). The van der Waals surface area contributed by atoms with Crippen molar-refractivity contribution < 1.29 is 0 Å². The quantitative estimate of drug-likeness (QED) is 0.170. The molecular weight excluding hydrogens is 715 g/mol. The Kier molecular flexibility index (Phi) is 8.10. The topological polar surface area (TPSA) is 49.6 Å². The van der Waals surface area contributed by atoms with Crippen LogP contribution in [0.4, 0.5) is 0 Å². The van der Waals surface area contributed by atoms with Gasteiger partial charge >= 0.3 is 0 Å². The highest BCUT2D eigenvalue weighted by Crippen LogP contribution is 2.59. The summed E-state index contributed by atoms with van der Waals surface area (Å²) in [6, 6.07) is 77.4. The SMILES string of the molecule is N#Cc1cccc2c1-c1c(-c3cccc(-c4cc(-c5ccc6ccccc6c5)nc(-c5ccc6ccccc6c5)n4)c3)cccc1C2(c1ccccc1)c1ccccc1. The fraction of sp³-hybridized carbons (Fsp3) is 0.0179. The second-order valence-corrected chi connectivity index (χ2v) is 15.2. The van der Waals surface area contributed by atoms with Gasteiger partial charge in [-0.1, -0.05) is 182 Å². The zero-order valence-electron chi connectivity index (χ0n) is 32.0. The van der Waals surface area contributed by atoms with Gasteiger partial charge in [0.25, 0.3) is 0 Å². The predicted molar refractivity (Wildman–Crippen MR) is 241 cm³/mol. The van der Waals surface area contributed by atoms with Gasteiger partial charge in [-0.25, -0.2) is 9.97 Å². The number of hydrogen-bond acceptors (Lipinski definition) is 3. The molecule has 59 heavy (non-hydrogen) atoms. The first-order chi connectivity index (χ1) is 29.2. The highest BCUT2D eigenvalue weighted by atomic mass is 14.9. The van der Waals surface area contributed by atoms with Crippen molar-refractivity contribution in [2.75, 3.05) is 0 Å². The van der Waals surface area contributed by atoms with E-state index in [1.54, 1.807) is 0 Å². The van der Waals surface area contributed by atoms with Gasteiger partial charge in [-0.2, -0.15) is 5.26 Å². The average molecular weight is 750 g/mol. The third-order valence-electron chi connectivity index (χ3n) is 12.0. The lowest BCUT2D eigenvalue weighted by Gasteiger charge is -2.34. The Balaban J connectivity index is 1.13. The highest BCUT2D eigenvalue weighted by molar-refractivity contribution is 5.98. The van der Waals surface area contributed by atoms with Crippen LogP contribution in [0.25, 0.3) is 77.7 Å². The fourth-order valence-corrected chi connectivity index (χ4v) is 9.31. The molecular formula is C56H35N3. The summed E-state index contributed by atoms with van der Waals surface area (Å²) < 4.78 is 0. The smallest absolute Gasteiger partial charge is 0.160 e. The molecule has 0 radical (unpaired) electrons. The highest BCUT2D eigenvalue weighted by Gasteiger charge is 2.47. The minimum atomic E-state index is -0.621. The van der Waals surface area contributed by atoms with Crippen LogP contribution in [0.1, 0.15) is 27.8 Å². The van der Waals surface area contributed by atoms with E-state index < -0.39 is 5.41 Å². The van der Waals surface area contributed by atoms with Gasteiger partial charge < -0.3 is 0 Å². The van der Waals surface area contributed by atoms with Crippen molar-refractivity contribution in [2.24, 2.45) is 0 Å². The third-order valence-corrected chi connectivity index (χ3v) is 12.0. The maximum absolute atomic E-state index is 10.7. The Labute approximate surface area is 343 Å². The molecule has 0 saturated carbocycles. The number of hydrogen-bond donors (Lipinski definition) is 0. The molecule has 1 heterocycles. The van der Waals surface area contributed by atoms with Crippen LogP contribution in [0.5, 0.6) is 0 Å². The molecule has 0 N–H and O–H groups in total. The number of rotatable bonds is 6. The summed E-state index contributed by atoms with van der Waals surface area (Å²) in [6.07, 6.45) is 0. The van der Waals surface area contributed by atoms with E-state index in [1.165, 1.54) is 10.8 Å². The molecule has 0 amide bonds. The molecule has 1 aromatic heterocycles. The number of nitrogens with zero attached hydrogens (tertiary/aromatic N) is 3. The second kappa shape index (κ2) is 13.9. The standard InChI is InChI=1S/C56H35N3/c57-36-45-20-12-26-49-53(45)54-48(25-13-27-50(54)56(49,46-21-3-1-4-22-46)47-23-5-2-6-24-47)41-18-11-19-42(34-41)51-35-52(43-30-28-37-14-7-9-16-39(37)32-43)59-55(58-51)44-31-29-38-15-8-10-17-40(38)33-44/h1-35H. The molecule has 3 heteroatoms. The van der Waals surface area contributed by atoms with Gasteiger partial charge in [-0.15, -0.1) is 0 Å². The first kappa shape index (κ1) is 34.3. The molecule has 0 aliphatic heterocycles. The van der Waals surface area contributed by atoms with E-state index in [-0.39, 0.29) is 0 Å². The summed E-state index contributed by atoms with van der Waals surface area (Å²) in [6.45, 7) is 0. The number of aromatic nitrogens is 2.